The summed E-state index contributed by atoms with van der Waals surface area (Å²) in [6.07, 6.45) is 0. The van der Waals surface area contributed by atoms with Gasteiger partial charge in [0.1, 0.15) is 5.75 Å². The summed E-state index contributed by atoms with van der Waals surface area (Å²) in [6, 6.07) is 7.25. The number of nitrogens with one attached hydrogen (secondary N) is 1. The standard InChI is InChI=1S/C13H16BrN5O2/c1-4-19-17-12(16-18-19)15-11(20)13(2,3)21-10-7-5-9(14)6-8-10/h5-8H,4H2,1-3H3,(H,15,17,20). The Morgan fingerprint density at radius 3 is 2.62 bits per heavy atom. The Morgan fingerprint density at radius 1 is 1.38 bits per heavy atom. The molecule has 0 radical (unpaired) electrons. The molecule has 0 aliphatic rings. The van der Waals surface area contributed by atoms with E-state index in [2.05, 4.69) is 36.7 Å². The second-order valence-electron chi connectivity index (χ2n) is 4.82. The number of ether oxygens (including phenoxy) is 1. The average molecular weight is 354 g/mol. The summed E-state index contributed by atoms with van der Waals surface area (Å²) in [6.45, 7) is 5.82. The first kappa shape index (κ1) is 15.4. The summed E-state index contributed by atoms with van der Waals surface area (Å²) in [5, 5.41) is 14.1. The number of hydrogen-bond donors (Lipinski definition) is 1. The predicted octanol–water partition coefficient (Wildman–Crippen LogP) is 2.25. The second kappa shape index (κ2) is 6.21. The topological polar surface area (TPSA) is 81.9 Å². The van der Waals surface area contributed by atoms with Crippen molar-refractivity contribution >= 4 is 27.8 Å². The van der Waals surface area contributed by atoms with Crippen molar-refractivity contribution in [1.82, 2.24) is 20.2 Å². The van der Waals surface area contributed by atoms with Crippen molar-refractivity contribution in [3.63, 3.8) is 0 Å². The Kier molecular flexibility index (Phi) is 4.56. The van der Waals surface area contributed by atoms with Crippen LogP contribution in [0.25, 0.3) is 0 Å². The van der Waals surface area contributed by atoms with E-state index < -0.39 is 5.60 Å². The van der Waals surface area contributed by atoms with Gasteiger partial charge in [-0.1, -0.05) is 21.0 Å². The predicted molar refractivity (Wildman–Crippen MR) is 81.0 cm³/mol. The molecule has 2 aromatic rings. The first-order valence-corrected chi connectivity index (χ1v) is 7.24. The molecule has 2 rings (SSSR count). The smallest absolute Gasteiger partial charge is 0.270 e. The summed E-state index contributed by atoms with van der Waals surface area (Å²) in [5.41, 5.74) is -1.06. The minimum absolute atomic E-state index is 0.161. The van der Waals surface area contributed by atoms with Crippen LogP contribution in [0, 0.1) is 0 Å². The number of rotatable bonds is 5. The number of aromatic nitrogens is 4. The average Bonchev–Trinajstić information content (AvgIpc) is 2.89. The molecular weight excluding hydrogens is 338 g/mol. The summed E-state index contributed by atoms with van der Waals surface area (Å²) >= 11 is 3.35. The van der Waals surface area contributed by atoms with Crippen LogP contribution in [-0.4, -0.2) is 31.7 Å². The third kappa shape index (κ3) is 4.01. The lowest BCUT2D eigenvalue weighted by Crippen LogP contribution is -2.42. The zero-order valence-corrected chi connectivity index (χ0v) is 13.6. The van der Waals surface area contributed by atoms with Gasteiger partial charge in [0, 0.05) is 4.47 Å². The van der Waals surface area contributed by atoms with E-state index in [0.717, 1.165) is 4.47 Å². The zero-order valence-electron chi connectivity index (χ0n) is 12.0. The van der Waals surface area contributed by atoms with Crippen molar-refractivity contribution in [2.24, 2.45) is 0 Å². The Bertz CT molecular complexity index is 624. The SMILES string of the molecule is CCn1nnc(NC(=O)C(C)(C)Oc2ccc(Br)cc2)n1. The molecule has 1 aromatic heterocycles. The minimum Gasteiger partial charge on any atom is -0.478 e. The van der Waals surface area contributed by atoms with Gasteiger partial charge in [-0.2, -0.15) is 4.80 Å². The molecule has 1 amide bonds. The van der Waals surface area contributed by atoms with Gasteiger partial charge in [-0.05, 0) is 50.3 Å². The highest BCUT2D eigenvalue weighted by Gasteiger charge is 2.31. The van der Waals surface area contributed by atoms with Gasteiger partial charge in [0.15, 0.2) is 5.60 Å². The summed E-state index contributed by atoms with van der Waals surface area (Å²) < 4.78 is 6.65. The lowest BCUT2D eigenvalue weighted by atomic mass is 10.1. The van der Waals surface area contributed by atoms with Gasteiger partial charge in [-0.25, -0.2) is 0 Å². The van der Waals surface area contributed by atoms with Crippen molar-refractivity contribution in [1.29, 1.82) is 0 Å². The van der Waals surface area contributed by atoms with E-state index in [4.69, 9.17) is 4.74 Å². The van der Waals surface area contributed by atoms with E-state index in [1.807, 2.05) is 19.1 Å². The van der Waals surface area contributed by atoms with Gasteiger partial charge in [-0.3, -0.25) is 10.1 Å². The van der Waals surface area contributed by atoms with E-state index >= 15 is 0 Å². The molecule has 112 valence electrons. The van der Waals surface area contributed by atoms with Gasteiger partial charge in [0.25, 0.3) is 11.9 Å². The van der Waals surface area contributed by atoms with Gasteiger partial charge < -0.3 is 4.74 Å². The van der Waals surface area contributed by atoms with Crippen molar-refractivity contribution in [2.45, 2.75) is 32.9 Å². The lowest BCUT2D eigenvalue weighted by molar-refractivity contribution is -0.128. The molecule has 0 bridgehead atoms. The Balaban J connectivity index is 2.03. The molecule has 0 fully saturated rings. The third-order valence-electron chi connectivity index (χ3n) is 2.69. The molecule has 0 unspecified atom stereocenters. The molecule has 0 saturated carbocycles. The highest BCUT2D eigenvalue weighted by Crippen LogP contribution is 2.21. The van der Waals surface area contributed by atoms with Crippen LogP contribution in [0.5, 0.6) is 5.75 Å². The highest BCUT2D eigenvalue weighted by atomic mass is 79.9. The number of hydrogen-bond acceptors (Lipinski definition) is 5. The van der Waals surface area contributed by atoms with Crippen LogP contribution in [0.3, 0.4) is 0 Å². The van der Waals surface area contributed by atoms with E-state index in [0.29, 0.717) is 12.3 Å². The number of nitrogens with zero attached hydrogens (tertiary/aromatic N) is 4. The fourth-order valence-electron chi connectivity index (χ4n) is 1.52. The Labute approximate surface area is 130 Å². The molecule has 0 saturated heterocycles. The minimum atomic E-state index is -1.06. The summed E-state index contributed by atoms with van der Waals surface area (Å²) in [7, 11) is 0. The number of anilines is 1. The number of carbonyl (C=O) groups excluding carboxylic acids is 1. The van der Waals surface area contributed by atoms with Gasteiger partial charge in [0.05, 0.1) is 6.54 Å². The summed E-state index contributed by atoms with van der Waals surface area (Å²) in [4.78, 5) is 13.6. The van der Waals surface area contributed by atoms with Crippen molar-refractivity contribution < 1.29 is 9.53 Å². The van der Waals surface area contributed by atoms with Gasteiger partial charge in [-0.15, -0.1) is 5.10 Å². The quantitative estimate of drug-likeness (QED) is 0.891. The molecular formula is C13H16BrN5O2. The largest absolute Gasteiger partial charge is 0.478 e. The van der Waals surface area contributed by atoms with Crippen LogP contribution in [0.2, 0.25) is 0 Å². The molecule has 1 aromatic carbocycles. The van der Waals surface area contributed by atoms with Crippen LogP contribution >= 0.6 is 15.9 Å². The van der Waals surface area contributed by atoms with E-state index in [-0.39, 0.29) is 11.9 Å². The highest BCUT2D eigenvalue weighted by molar-refractivity contribution is 9.10. The van der Waals surface area contributed by atoms with Crippen molar-refractivity contribution in [2.75, 3.05) is 5.32 Å². The third-order valence-corrected chi connectivity index (χ3v) is 3.22. The zero-order chi connectivity index (χ0) is 15.5. The molecule has 0 spiro atoms. The molecule has 1 N–H and O–H groups in total. The fraction of sp³-hybridized carbons (Fsp3) is 0.385. The molecule has 1 heterocycles. The molecule has 0 aliphatic carbocycles. The van der Waals surface area contributed by atoms with E-state index in [1.54, 1.807) is 26.0 Å². The Hall–Kier alpha value is -1.96. The van der Waals surface area contributed by atoms with Crippen LogP contribution in [-0.2, 0) is 11.3 Å². The summed E-state index contributed by atoms with van der Waals surface area (Å²) in [5.74, 6) is 0.416. The van der Waals surface area contributed by atoms with Crippen LogP contribution in [0.1, 0.15) is 20.8 Å². The van der Waals surface area contributed by atoms with E-state index in [9.17, 15) is 4.79 Å². The maximum Gasteiger partial charge on any atom is 0.270 e. The number of amides is 1. The molecule has 8 heteroatoms. The maximum atomic E-state index is 12.2. The number of carbonyl (C=O) groups is 1. The maximum absolute atomic E-state index is 12.2. The molecule has 21 heavy (non-hydrogen) atoms. The number of aryl methyl sites for hydroxylation is 1. The molecule has 0 atom stereocenters. The van der Waals surface area contributed by atoms with Gasteiger partial charge >= 0.3 is 0 Å². The molecule has 7 nitrogen and oxygen atoms in total. The van der Waals surface area contributed by atoms with Crippen molar-refractivity contribution in [3.8, 4) is 5.75 Å². The van der Waals surface area contributed by atoms with Crippen LogP contribution < -0.4 is 10.1 Å². The molecule has 0 aliphatic heterocycles. The second-order valence-corrected chi connectivity index (χ2v) is 5.74. The Morgan fingerprint density at radius 2 is 2.05 bits per heavy atom. The fourth-order valence-corrected chi connectivity index (χ4v) is 1.79. The van der Waals surface area contributed by atoms with Gasteiger partial charge in [0.2, 0.25) is 0 Å². The normalized spacial score (nSPS) is 11.2. The number of tetrazole rings is 1. The number of benzene rings is 1. The number of halogens is 1. The van der Waals surface area contributed by atoms with Crippen LogP contribution in [0.4, 0.5) is 5.95 Å². The van der Waals surface area contributed by atoms with Crippen molar-refractivity contribution in [3.05, 3.63) is 28.7 Å². The first-order valence-electron chi connectivity index (χ1n) is 6.44. The monoisotopic (exact) mass is 353 g/mol. The van der Waals surface area contributed by atoms with E-state index in [1.165, 1.54) is 4.80 Å². The lowest BCUT2D eigenvalue weighted by Gasteiger charge is -2.24. The van der Waals surface area contributed by atoms with Crippen LogP contribution in [0.15, 0.2) is 28.7 Å². The first-order chi connectivity index (χ1) is 9.90.